The number of ether oxygens (including phenoxy) is 1. The van der Waals surface area contributed by atoms with Crippen molar-refractivity contribution in [3.63, 3.8) is 0 Å². The fourth-order valence-electron chi connectivity index (χ4n) is 2.93. The van der Waals surface area contributed by atoms with E-state index in [1.54, 1.807) is 0 Å². The van der Waals surface area contributed by atoms with Crippen LogP contribution in [0.1, 0.15) is 30.5 Å². The normalized spacial score (nSPS) is 16.3. The van der Waals surface area contributed by atoms with Gasteiger partial charge in [-0.05, 0) is 94.5 Å². The summed E-state index contributed by atoms with van der Waals surface area (Å²) in [5, 5.41) is 3.43. The number of nitrogens with zero attached hydrogens (tertiary/aromatic N) is 1. The zero-order valence-corrected chi connectivity index (χ0v) is 18.9. The third-order valence-electron chi connectivity index (χ3n) is 4.32. The van der Waals surface area contributed by atoms with Gasteiger partial charge in [0.15, 0.2) is 5.17 Å². The molecule has 1 amide bonds. The lowest BCUT2D eigenvalue weighted by Gasteiger charge is -2.12. The molecule has 2 aromatic carbocycles. The highest BCUT2D eigenvalue weighted by Gasteiger charge is 2.24. The number of carbonyl (C=O) groups excluding carboxylic acids is 1. The summed E-state index contributed by atoms with van der Waals surface area (Å²) in [6, 6.07) is 12.0. The number of nitrogens with one attached hydrogen (secondary N) is 1. The second-order valence-corrected chi connectivity index (χ2v) is 8.30. The van der Waals surface area contributed by atoms with Gasteiger partial charge in [0.25, 0.3) is 5.91 Å². The van der Waals surface area contributed by atoms with Crippen LogP contribution in [0.2, 0.25) is 0 Å². The molecular weight excluding hydrogens is 448 g/mol. The molecule has 1 N–H and O–H groups in total. The van der Waals surface area contributed by atoms with Crippen LogP contribution in [-0.4, -0.2) is 17.7 Å². The smallest absolute Gasteiger partial charge is 0.264 e. The van der Waals surface area contributed by atoms with Gasteiger partial charge in [-0.25, -0.2) is 4.99 Å². The van der Waals surface area contributed by atoms with Crippen molar-refractivity contribution in [2.45, 2.75) is 26.7 Å². The zero-order valence-electron chi connectivity index (χ0n) is 16.5. The molecule has 1 fully saturated rings. The monoisotopic (exact) mass is 470 g/mol. The van der Waals surface area contributed by atoms with E-state index in [0.29, 0.717) is 23.1 Å². The van der Waals surface area contributed by atoms with Crippen molar-refractivity contribution in [2.75, 3.05) is 6.61 Å². The number of hydrogen-bond acceptors (Lipinski definition) is 4. The second kappa shape index (κ2) is 9.94. The van der Waals surface area contributed by atoms with Crippen molar-refractivity contribution in [2.24, 2.45) is 4.99 Å². The van der Waals surface area contributed by atoms with Gasteiger partial charge in [0, 0.05) is 0 Å². The Labute approximate surface area is 184 Å². The van der Waals surface area contributed by atoms with E-state index in [9.17, 15) is 4.79 Å². The molecule has 0 saturated carbocycles. The Morgan fingerprint density at radius 1 is 1.24 bits per heavy atom. The van der Waals surface area contributed by atoms with E-state index in [4.69, 9.17) is 4.74 Å². The van der Waals surface area contributed by atoms with Crippen molar-refractivity contribution >= 4 is 50.5 Å². The average Bonchev–Trinajstić information content (AvgIpc) is 3.04. The minimum Gasteiger partial charge on any atom is -0.492 e. The number of amidine groups is 1. The van der Waals surface area contributed by atoms with Gasteiger partial charge < -0.3 is 10.1 Å². The first-order valence-electron chi connectivity index (χ1n) is 9.48. The fraction of sp³-hybridized carbons (Fsp3) is 0.217. The SMILES string of the molecule is C=CCc1cc(/C=C2\SC(=Nc3ccc(CC)cc3)NC2=O)cc(Br)c1OCC. The molecule has 1 aliphatic heterocycles. The number of allylic oxidation sites excluding steroid dienone is 1. The summed E-state index contributed by atoms with van der Waals surface area (Å²) >= 11 is 4.92. The van der Waals surface area contributed by atoms with Gasteiger partial charge in [-0.15, -0.1) is 6.58 Å². The molecule has 1 saturated heterocycles. The number of rotatable bonds is 7. The van der Waals surface area contributed by atoms with Gasteiger partial charge >= 0.3 is 0 Å². The second-order valence-electron chi connectivity index (χ2n) is 6.42. The molecule has 150 valence electrons. The first-order valence-corrected chi connectivity index (χ1v) is 11.1. The average molecular weight is 471 g/mol. The molecule has 3 rings (SSSR count). The highest BCUT2D eigenvalue weighted by Crippen LogP contribution is 2.34. The van der Waals surface area contributed by atoms with E-state index in [2.05, 4.69) is 51.9 Å². The van der Waals surface area contributed by atoms with Gasteiger partial charge in [0.05, 0.1) is 21.7 Å². The molecule has 0 aromatic heterocycles. The summed E-state index contributed by atoms with van der Waals surface area (Å²) in [5.41, 5.74) is 4.03. The molecule has 4 nitrogen and oxygen atoms in total. The Balaban J connectivity index is 1.85. The third kappa shape index (κ3) is 5.40. The molecular formula is C23H23BrN2O2S. The van der Waals surface area contributed by atoms with Crippen LogP contribution in [0.3, 0.4) is 0 Å². The van der Waals surface area contributed by atoms with E-state index in [1.807, 2.05) is 43.3 Å². The summed E-state index contributed by atoms with van der Waals surface area (Å²) in [6.45, 7) is 8.48. The molecule has 29 heavy (non-hydrogen) atoms. The molecule has 0 spiro atoms. The Morgan fingerprint density at radius 3 is 2.66 bits per heavy atom. The van der Waals surface area contributed by atoms with E-state index in [0.717, 1.165) is 33.5 Å². The molecule has 1 heterocycles. The number of carbonyl (C=O) groups is 1. The summed E-state index contributed by atoms with van der Waals surface area (Å²) in [7, 11) is 0. The van der Waals surface area contributed by atoms with Gasteiger partial charge in [-0.3, -0.25) is 4.79 Å². The van der Waals surface area contributed by atoms with Crippen molar-refractivity contribution in [1.82, 2.24) is 5.32 Å². The lowest BCUT2D eigenvalue weighted by atomic mass is 10.1. The summed E-state index contributed by atoms with van der Waals surface area (Å²) in [4.78, 5) is 17.6. The lowest BCUT2D eigenvalue weighted by Crippen LogP contribution is -2.19. The van der Waals surface area contributed by atoms with Gasteiger partial charge in [-0.2, -0.15) is 0 Å². The van der Waals surface area contributed by atoms with E-state index in [-0.39, 0.29) is 5.91 Å². The molecule has 6 heteroatoms. The predicted octanol–water partition coefficient (Wildman–Crippen LogP) is 6.03. The topological polar surface area (TPSA) is 50.7 Å². The van der Waals surface area contributed by atoms with E-state index < -0.39 is 0 Å². The zero-order chi connectivity index (χ0) is 20.8. The Morgan fingerprint density at radius 2 is 2.00 bits per heavy atom. The predicted molar refractivity (Wildman–Crippen MR) is 126 cm³/mol. The summed E-state index contributed by atoms with van der Waals surface area (Å²) in [6.07, 6.45) is 5.38. The van der Waals surface area contributed by atoms with Crippen LogP contribution >= 0.6 is 27.7 Å². The van der Waals surface area contributed by atoms with Crippen LogP contribution in [0.15, 0.2) is 63.4 Å². The number of hydrogen-bond donors (Lipinski definition) is 1. The number of aliphatic imine (C=N–C) groups is 1. The molecule has 0 radical (unpaired) electrons. The molecule has 2 aromatic rings. The fourth-order valence-corrected chi connectivity index (χ4v) is 4.40. The molecule has 0 aliphatic carbocycles. The Bertz CT molecular complexity index is 981. The maximum atomic E-state index is 12.4. The van der Waals surface area contributed by atoms with E-state index in [1.165, 1.54) is 17.3 Å². The third-order valence-corrected chi connectivity index (χ3v) is 5.82. The van der Waals surface area contributed by atoms with Gasteiger partial charge in [0.1, 0.15) is 5.75 Å². The van der Waals surface area contributed by atoms with Crippen molar-refractivity contribution in [3.8, 4) is 5.75 Å². The van der Waals surface area contributed by atoms with Crippen LogP contribution in [0.25, 0.3) is 6.08 Å². The molecule has 0 atom stereocenters. The number of aryl methyl sites for hydroxylation is 1. The Hall–Kier alpha value is -2.31. The number of amides is 1. The van der Waals surface area contributed by atoms with Crippen LogP contribution in [0.5, 0.6) is 5.75 Å². The van der Waals surface area contributed by atoms with Crippen LogP contribution in [-0.2, 0) is 17.6 Å². The van der Waals surface area contributed by atoms with E-state index >= 15 is 0 Å². The minimum absolute atomic E-state index is 0.144. The summed E-state index contributed by atoms with van der Waals surface area (Å²) < 4.78 is 6.61. The maximum Gasteiger partial charge on any atom is 0.264 e. The molecule has 0 bridgehead atoms. The standard InChI is InChI=1S/C23H23BrN2O2S/c1-4-7-17-12-16(13-19(24)21(17)28-6-3)14-20-22(27)26-23(29-20)25-18-10-8-15(5-2)9-11-18/h4,8-14H,1,5-7H2,2-3H3,(H,25,26,27)/b20-14-. The maximum absolute atomic E-state index is 12.4. The van der Waals surface area contributed by atoms with Gasteiger partial charge in [-0.1, -0.05) is 25.1 Å². The number of benzene rings is 2. The first-order chi connectivity index (χ1) is 14.0. The van der Waals surface area contributed by atoms with Crippen LogP contribution < -0.4 is 10.1 Å². The quantitative estimate of drug-likeness (QED) is 0.396. The summed E-state index contributed by atoms with van der Waals surface area (Å²) in [5.74, 6) is 0.671. The lowest BCUT2D eigenvalue weighted by molar-refractivity contribution is -0.115. The highest BCUT2D eigenvalue weighted by atomic mass is 79.9. The number of thioether (sulfide) groups is 1. The molecule has 0 unspecified atom stereocenters. The van der Waals surface area contributed by atoms with Crippen LogP contribution in [0, 0.1) is 0 Å². The van der Waals surface area contributed by atoms with Crippen molar-refractivity contribution in [3.05, 3.63) is 75.1 Å². The van der Waals surface area contributed by atoms with Gasteiger partial charge in [0.2, 0.25) is 0 Å². The number of halogens is 1. The molecule has 1 aliphatic rings. The van der Waals surface area contributed by atoms with Crippen molar-refractivity contribution in [1.29, 1.82) is 0 Å². The largest absolute Gasteiger partial charge is 0.492 e. The highest BCUT2D eigenvalue weighted by molar-refractivity contribution is 9.10. The first kappa shape index (κ1) is 21.4. The Kier molecular flexibility index (Phi) is 7.34. The van der Waals surface area contributed by atoms with Crippen LogP contribution in [0.4, 0.5) is 5.69 Å². The minimum atomic E-state index is -0.144. The van der Waals surface area contributed by atoms with Crippen molar-refractivity contribution < 1.29 is 9.53 Å².